The maximum absolute atomic E-state index is 5.96. The lowest BCUT2D eigenvalue weighted by atomic mass is 10.2. The number of anilines is 1. The number of nitrogen functional groups attached to an aromatic ring is 1. The van der Waals surface area contributed by atoms with Gasteiger partial charge in [0.1, 0.15) is 0 Å². The third-order valence-electron chi connectivity index (χ3n) is 3.55. The van der Waals surface area contributed by atoms with Gasteiger partial charge in [0.15, 0.2) is 0 Å². The molecule has 0 bridgehead atoms. The number of benzene rings is 2. The Labute approximate surface area is 134 Å². The Balaban J connectivity index is 2.10. The summed E-state index contributed by atoms with van der Waals surface area (Å²) in [5.74, 6) is 0. The second-order valence-electron chi connectivity index (χ2n) is 4.86. The van der Waals surface area contributed by atoms with E-state index in [0.717, 1.165) is 21.2 Å². The Morgan fingerprint density at radius 1 is 1.10 bits per heavy atom. The number of rotatable bonds is 2. The predicted molar refractivity (Wildman–Crippen MR) is 92.0 cm³/mol. The van der Waals surface area contributed by atoms with Crippen molar-refractivity contribution in [1.29, 1.82) is 0 Å². The third kappa shape index (κ3) is 2.27. The Morgan fingerprint density at radius 3 is 2.60 bits per heavy atom. The summed E-state index contributed by atoms with van der Waals surface area (Å²) in [4.78, 5) is 0. The Hall–Kier alpha value is -1.26. The van der Waals surface area contributed by atoms with E-state index in [4.69, 9.17) is 5.73 Å². The Morgan fingerprint density at radius 2 is 1.85 bits per heavy atom. The van der Waals surface area contributed by atoms with Crippen LogP contribution in [0, 0.1) is 6.92 Å². The first kappa shape index (κ1) is 13.7. The molecule has 0 aliphatic rings. The quantitative estimate of drug-likeness (QED) is 0.603. The number of halogens is 2. The molecule has 2 N–H and O–H groups in total. The molecule has 4 heteroatoms. The zero-order valence-electron chi connectivity index (χ0n) is 11.0. The molecule has 1 aromatic heterocycles. The van der Waals surface area contributed by atoms with Gasteiger partial charge in [0.25, 0.3) is 0 Å². The largest absolute Gasteiger partial charge is 0.398 e. The van der Waals surface area contributed by atoms with Gasteiger partial charge in [0.2, 0.25) is 0 Å². The number of hydrogen-bond donors (Lipinski definition) is 1. The van der Waals surface area contributed by atoms with Crippen molar-refractivity contribution in [2.75, 3.05) is 5.73 Å². The summed E-state index contributed by atoms with van der Waals surface area (Å²) in [5, 5.41) is 1.25. The minimum absolute atomic E-state index is 0.774. The van der Waals surface area contributed by atoms with Crippen LogP contribution in [0.4, 0.5) is 5.69 Å². The summed E-state index contributed by atoms with van der Waals surface area (Å²) >= 11 is 7.12. The number of nitrogens with zero attached hydrogens (tertiary/aromatic N) is 1. The molecule has 102 valence electrons. The minimum Gasteiger partial charge on any atom is -0.398 e. The molecule has 0 fully saturated rings. The van der Waals surface area contributed by atoms with Crippen molar-refractivity contribution in [3.8, 4) is 0 Å². The van der Waals surface area contributed by atoms with E-state index in [9.17, 15) is 0 Å². The highest BCUT2D eigenvalue weighted by Crippen LogP contribution is 2.31. The van der Waals surface area contributed by atoms with Gasteiger partial charge in [0.05, 0.1) is 0 Å². The molecule has 0 amide bonds. The van der Waals surface area contributed by atoms with Crippen LogP contribution in [0.3, 0.4) is 0 Å². The summed E-state index contributed by atoms with van der Waals surface area (Å²) < 4.78 is 4.41. The van der Waals surface area contributed by atoms with E-state index in [1.165, 1.54) is 22.2 Å². The summed E-state index contributed by atoms with van der Waals surface area (Å²) in [7, 11) is 0. The zero-order chi connectivity index (χ0) is 14.3. The molecule has 20 heavy (non-hydrogen) atoms. The van der Waals surface area contributed by atoms with Crippen LogP contribution in [0.5, 0.6) is 0 Å². The van der Waals surface area contributed by atoms with Crippen molar-refractivity contribution in [2.24, 2.45) is 0 Å². The standard InChI is InChI=1S/C16H14Br2N2/c1-10-16(18)12-4-2-3-5-15(12)20(10)9-11-6-7-13(17)14(19)8-11/h2-8H,9,19H2,1H3. The molecule has 0 unspecified atom stereocenters. The van der Waals surface area contributed by atoms with Gasteiger partial charge < -0.3 is 10.3 Å². The fourth-order valence-corrected chi connectivity index (χ4v) is 3.26. The molecule has 1 heterocycles. The number of fused-ring (bicyclic) bond motifs is 1. The highest BCUT2D eigenvalue weighted by atomic mass is 79.9. The number of hydrogen-bond acceptors (Lipinski definition) is 1. The molecule has 0 radical (unpaired) electrons. The molecular formula is C16H14Br2N2. The third-order valence-corrected chi connectivity index (χ3v) is 5.28. The van der Waals surface area contributed by atoms with Gasteiger partial charge in [0, 0.05) is 37.8 Å². The first-order valence-corrected chi connectivity index (χ1v) is 7.94. The summed E-state index contributed by atoms with van der Waals surface area (Å²) in [6, 6.07) is 14.5. The van der Waals surface area contributed by atoms with Crippen LogP contribution in [-0.2, 0) is 6.54 Å². The van der Waals surface area contributed by atoms with Gasteiger partial charge in [-0.3, -0.25) is 0 Å². The van der Waals surface area contributed by atoms with Crippen LogP contribution in [0.2, 0.25) is 0 Å². The molecule has 0 saturated carbocycles. The van der Waals surface area contributed by atoms with E-state index >= 15 is 0 Å². The maximum atomic E-state index is 5.96. The van der Waals surface area contributed by atoms with Gasteiger partial charge in [-0.2, -0.15) is 0 Å². The van der Waals surface area contributed by atoms with Gasteiger partial charge in [-0.1, -0.05) is 24.3 Å². The van der Waals surface area contributed by atoms with Crippen LogP contribution in [0.1, 0.15) is 11.3 Å². The SMILES string of the molecule is Cc1c(Br)c2ccccc2n1Cc1ccc(Br)c(N)c1. The van der Waals surface area contributed by atoms with Crippen molar-refractivity contribution in [3.63, 3.8) is 0 Å². The molecule has 2 nitrogen and oxygen atoms in total. The normalized spacial score (nSPS) is 11.2. The zero-order valence-corrected chi connectivity index (χ0v) is 14.2. The highest BCUT2D eigenvalue weighted by Gasteiger charge is 2.11. The Bertz CT molecular complexity index is 791. The fourth-order valence-electron chi connectivity index (χ4n) is 2.47. The van der Waals surface area contributed by atoms with E-state index in [1.807, 2.05) is 12.1 Å². The van der Waals surface area contributed by atoms with Crippen LogP contribution >= 0.6 is 31.9 Å². The molecule has 0 atom stereocenters. The van der Waals surface area contributed by atoms with Gasteiger partial charge in [-0.15, -0.1) is 0 Å². The second kappa shape index (κ2) is 5.26. The van der Waals surface area contributed by atoms with Crippen LogP contribution in [0.25, 0.3) is 10.9 Å². The van der Waals surface area contributed by atoms with Crippen LogP contribution in [0.15, 0.2) is 51.4 Å². The van der Waals surface area contributed by atoms with Crippen molar-refractivity contribution in [2.45, 2.75) is 13.5 Å². The molecule has 0 saturated heterocycles. The second-order valence-corrected chi connectivity index (χ2v) is 6.51. The van der Waals surface area contributed by atoms with Crippen LogP contribution in [-0.4, -0.2) is 4.57 Å². The van der Waals surface area contributed by atoms with Gasteiger partial charge in [-0.05, 0) is 62.5 Å². The lowest BCUT2D eigenvalue weighted by Crippen LogP contribution is -2.02. The highest BCUT2D eigenvalue weighted by molar-refractivity contribution is 9.11. The Kier molecular flexibility index (Phi) is 3.61. The summed E-state index contributed by atoms with van der Waals surface area (Å²) in [6.45, 7) is 2.95. The van der Waals surface area contributed by atoms with E-state index in [2.05, 4.69) is 73.7 Å². The minimum atomic E-state index is 0.774. The van der Waals surface area contributed by atoms with Crippen LogP contribution < -0.4 is 5.73 Å². The van der Waals surface area contributed by atoms with E-state index in [-0.39, 0.29) is 0 Å². The maximum Gasteiger partial charge on any atom is 0.0497 e. The molecule has 3 aromatic rings. The molecular weight excluding hydrogens is 380 g/mol. The molecule has 0 aliphatic carbocycles. The summed E-state index contributed by atoms with van der Waals surface area (Å²) in [5.41, 5.74) is 10.4. The smallest absolute Gasteiger partial charge is 0.0497 e. The number of para-hydroxylation sites is 1. The van der Waals surface area contributed by atoms with E-state index in [0.29, 0.717) is 0 Å². The lowest BCUT2D eigenvalue weighted by Gasteiger charge is -2.10. The first-order chi connectivity index (χ1) is 9.58. The fraction of sp³-hybridized carbons (Fsp3) is 0.125. The molecule has 3 rings (SSSR count). The van der Waals surface area contributed by atoms with Crippen molar-refractivity contribution < 1.29 is 0 Å². The molecule has 2 aromatic carbocycles. The molecule has 0 aliphatic heterocycles. The first-order valence-electron chi connectivity index (χ1n) is 6.35. The molecule has 0 spiro atoms. The lowest BCUT2D eigenvalue weighted by molar-refractivity contribution is 0.802. The average Bonchev–Trinajstić information content (AvgIpc) is 2.69. The van der Waals surface area contributed by atoms with Crippen molar-refractivity contribution in [1.82, 2.24) is 4.57 Å². The predicted octanol–water partition coefficient (Wildman–Crippen LogP) is 5.11. The van der Waals surface area contributed by atoms with E-state index in [1.54, 1.807) is 0 Å². The number of aromatic nitrogens is 1. The van der Waals surface area contributed by atoms with Gasteiger partial charge in [-0.25, -0.2) is 0 Å². The van der Waals surface area contributed by atoms with Gasteiger partial charge >= 0.3 is 0 Å². The van der Waals surface area contributed by atoms with E-state index < -0.39 is 0 Å². The summed E-state index contributed by atoms with van der Waals surface area (Å²) in [6.07, 6.45) is 0. The topological polar surface area (TPSA) is 30.9 Å². The van der Waals surface area contributed by atoms with Crippen molar-refractivity contribution >= 4 is 48.5 Å². The number of nitrogens with two attached hydrogens (primary N) is 1. The monoisotopic (exact) mass is 392 g/mol. The van der Waals surface area contributed by atoms with Crippen molar-refractivity contribution in [3.05, 3.63) is 62.7 Å². The average molecular weight is 394 g/mol.